The predicted octanol–water partition coefficient (Wildman–Crippen LogP) is 4.17. The molecule has 2 heterocycles. The molecular formula is C22H22N4. The van der Waals surface area contributed by atoms with Crippen molar-refractivity contribution in [1.82, 2.24) is 20.3 Å². The Bertz CT molecular complexity index is 1010. The van der Waals surface area contributed by atoms with E-state index in [0.717, 1.165) is 24.1 Å². The number of nitrogens with zero attached hydrogens (tertiary/aromatic N) is 3. The lowest BCUT2D eigenvalue weighted by Crippen LogP contribution is -2.36. The Balaban J connectivity index is 1.64. The van der Waals surface area contributed by atoms with E-state index in [4.69, 9.17) is 10.2 Å². The van der Waals surface area contributed by atoms with Crippen LogP contribution < -0.4 is 5.32 Å². The van der Waals surface area contributed by atoms with Gasteiger partial charge in [0.05, 0.1) is 0 Å². The van der Waals surface area contributed by atoms with E-state index in [2.05, 4.69) is 47.8 Å². The van der Waals surface area contributed by atoms with Crippen LogP contribution >= 0.6 is 0 Å². The fourth-order valence-electron chi connectivity index (χ4n) is 4.13. The standard InChI is InChI=1S/C22H22N4/c1-2-7-17-14-18(12-11-16(17)6-1)22(19-8-5-13-23-15-19)26-24-20-9-3-4-10-21(20)25-26/h1-4,6-7,9-12,14,19,22-23H,5,8,13,15H2/t19-,22+/m0/s1. The van der Waals surface area contributed by atoms with Gasteiger partial charge in [0.1, 0.15) is 17.1 Å². The Labute approximate surface area is 152 Å². The second kappa shape index (κ2) is 6.54. The van der Waals surface area contributed by atoms with E-state index in [9.17, 15) is 0 Å². The molecule has 0 amide bonds. The number of fused-ring (bicyclic) bond motifs is 2. The van der Waals surface area contributed by atoms with Crippen molar-refractivity contribution in [1.29, 1.82) is 0 Å². The van der Waals surface area contributed by atoms with Crippen molar-refractivity contribution < 1.29 is 0 Å². The summed E-state index contributed by atoms with van der Waals surface area (Å²) in [6, 6.07) is 23.6. The maximum absolute atomic E-state index is 4.82. The van der Waals surface area contributed by atoms with Gasteiger partial charge in [0.25, 0.3) is 0 Å². The lowest BCUT2D eigenvalue weighted by molar-refractivity contribution is 0.265. The summed E-state index contributed by atoms with van der Waals surface area (Å²) in [4.78, 5) is 1.95. The van der Waals surface area contributed by atoms with E-state index in [1.54, 1.807) is 0 Å². The molecule has 4 aromatic rings. The molecule has 3 aromatic carbocycles. The lowest BCUT2D eigenvalue weighted by atomic mass is 9.87. The van der Waals surface area contributed by atoms with Crippen LogP contribution in [0.2, 0.25) is 0 Å². The summed E-state index contributed by atoms with van der Waals surface area (Å²) in [5.74, 6) is 0.492. The van der Waals surface area contributed by atoms with E-state index in [1.165, 1.54) is 29.2 Å². The van der Waals surface area contributed by atoms with Crippen LogP contribution in [0.5, 0.6) is 0 Å². The Morgan fingerprint density at radius 1 is 0.885 bits per heavy atom. The molecule has 130 valence electrons. The third-order valence-corrected chi connectivity index (χ3v) is 5.45. The predicted molar refractivity (Wildman–Crippen MR) is 105 cm³/mol. The highest BCUT2D eigenvalue weighted by atomic mass is 15.5. The van der Waals surface area contributed by atoms with Crippen LogP contribution in [0.15, 0.2) is 66.7 Å². The average Bonchev–Trinajstić information content (AvgIpc) is 3.12. The number of rotatable bonds is 3. The highest BCUT2D eigenvalue weighted by Gasteiger charge is 2.28. The molecule has 0 unspecified atom stereocenters. The SMILES string of the molecule is c1ccc2cc([C@H]([C@H]3CCCNC3)n3nc4ccccc4n3)ccc2c1. The molecule has 1 saturated heterocycles. The van der Waals surface area contributed by atoms with E-state index >= 15 is 0 Å². The molecule has 0 saturated carbocycles. The molecule has 4 nitrogen and oxygen atoms in total. The second-order valence-electron chi connectivity index (χ2n) is 7.17. The summed E-state index contributed by atoms with van der Waals surface area (Å²) in [6.45, 7) is 2.12. The normalized spacial score (nSPS) is 19.0. The highest BCUT2D eigenvalue weighted by Crippen LogP contribution is 2.32. The van der Waals surface area contributed by atoms with Gasteiger partial charge in [0.15, 0.2) is 0 Å². The third-order valence-electron chi connectivity index (χ3n) is 5.45. The van der Waals surface area contributed by atoms with Crippen molar-refractivity contribution in [2.45, 2.75) is 18.9 Å². The first-order valence-corrected chi connectivity index (χ1v) is 9.39. The van der Waals surface area contributed by atoms with Crippen LogP contribution in [0.25, 0.3) is 21.8 Å². The van der Waals surface area contributed by atoms with Gasteiger partial charge >= 0.3 is 0 Å². The average molecular weight is 342 g/mol. The summed E-state index contributed by atoms with van der Waals surface area (Å²) in [6.07, 6.45) is 2.40. The van der Waals surface area contributed by atoms with Crippen LogP contribution in [0.1, 0.15) is 24.4 Å². The Kier molecular flexibility index (Phi) is 3.91. The Morgan fingerprint density at radius 3 is 2.35 bits per heavy atom. The number of hydrogen-bond donors (Lipinski definition) is 1. The first-order valence-electron chi connectivity index (χ1n) is 9.39. The zero-order valence-electron chi connectivity index (χ0n) is 14.7. The second-order valence-corrected chi connectivity index (χ2v) is 7.17. The zero-order valence-corrected chi connectivity index (χ0v) is 14.7. The molecule has 0 aliphatic carbocycles. The molecule has 2 atom stereocenters. The number of piperidine rings is 1. The molecule has 1 aliphatic heterocycles. The number of benzene rings is 3. The Hall–Kier alpha value is -2.72. The van der Waals surface area contributed by atoms with E-state index in [0.29, 0.717) is 5.92 Å². The van der Waals surface area contributed by atoms with Crippen molar-refractivity contribution in [2.75, 3.05) is 13.1 Å². The summed E-state index contributed by atoms with van der Waals surface area (Å²) in [5.41, 5.74) is 3.21. The molecule has 0 spiro atoms. The molecule has 26 heavy (non-hydrogen) atoms. The molecular weight excluding hydrogens is 320 g/mol. The van der Waals surface area contributed by atoms with Crippen LogP contribution in [0.3, 0.4) is 0 Å². The van der Waals surface area contributed by atoms with Crippen molar-refractivity contribution in [2.24, 2.45) is 5.92 Å². The molecule has 1 fully saturated rings. The summed E-state index contributed by atoms with van der Waals surface area (Å²) in [5, 5.41) is 15.7. The van der Waals surface area contributed by atoms with E-state index in [1.807, 2.05) is 29.1 Å². The topological polar surface area (TPSA) is 42.7 Å². The lowest BCUT2D eigenvalue weighted by Gasteiger charge is -2.30. The van der Waals surface area contributed by atoms with Gasteiger partial charge in [-0.25, -0.2) is 0 Å². The number of aromatic nitrogens is 3. The monoisotopic (exact) mass is 342 g/mol. The van der Waals surface area contributed by atoms with Gasteiger partial charge in [-0.2, -0.15) is 15.0 Å². The van der Waals surface area contributed by atoms with E-state index in [-0.39, 0.29) is 6.04 Å². The molecule has 1 N–H and O–H groups in total. The van der Waals surface area contributed by atoms with Gasteiger partial charge < -0.3 is 5.32 Å². The van der Waals surface area contributed by atoms with Crippen LogP contribution in [-0.2, 0) is 0 Å². The summed E-state index contributed by atoms with van der Waals surface area (Å²) < 4.78 is 0. The maximum atomic E-state index is 4.82. The van der Waals surface area contributed by atoms with Crippen molar-refractivity contribution in [3.63, 3.8) is 0 Å². The smallest absolute Gasteiger partial charge is 0.113 e. The van der Waals surface area contributed by atoms with Crippen LogP contribution in [-0.4, -0.2) is 28.1 Å². The fraction of sp³-hybridized carbons (Fsp3) is 0.273. The molecule has 0 radical (unpaired) electrons. The van der Waals surface area contributed by atoms with Gasteiger partial charge in [-0.15, -0.1) is 0 Å². The van der Waals surface area contributed by atoms with Gasteiger partial charge in [-0.05, 0) is 59.8 Å². The minimum absolute atomic E-state index is 0.153. The largest absolute Gasteiger partial charge is 0.316 e. The highest BCUT2D eigenvalue weighted by molar-refractivity contribution is 5.83. The molecule has 1 aliphatic rings. The first-order chi connectivity index (χ1) is 12.9. The van der Waals surface area contributed by atoms with Gasteiger partial charge in [0, 0.05) is 6.54 Å². The minimum Gasteiger partial charge on any atom is -0.316 e. The van der Waals surface area contributed by atoms with Crippen LogP contribution in [0, 0.1) is 5.92 Å². The maximum Gasteiger partial charge on any atom is 0.113 e. The third kappa shape index (κ3) is 2.76. The quantitative estimate of drug-likeness (QED) is 0.607. The van der Waals surface area contributed by atoms with Gasteiger partial charge in [-0.1, -0.05) is 48.5 Å². The summed E-state index contributed by atoms with van der Waals surface area (Å²) in [7, 11) is 0. The first kappa shape index (κ1) is 15.5. The fourth-order valence-corrected chi connectivity index (χ4v) is 4.13. The number of nitrogens with one attached hydrogen (secondary N) is 1. The molecule has 1 aromatic heterocycles. The van der Waals surface area contributed by atoms with Crippen molar-refractivity contribution in [3.05, 3.63) is 72.3 Å². The van der Waals surface area contributed by atoms with E-state index < -0.39 is 0 Å². The van der Waals surface area contributed by atoms with Gasteiger partial charge in [0.2, 0.25) is 0 Å². The van der Waals surface area contributed by atoms with Crippen molar-refractivity contribution in [3.8, 4) is 0 Å². The molecule has 4 heteroatoms. The molecule has 5 rings (SSSR count). The Morgan fingerprint density at radius 2 is 1.62 bits per heavy atom. The number of hydrogen-bond acceptors (Lipinski definition) is 3. The zero-order chi connectivity index (χ0) is 17.3. The minimum atomic E-state index is 0.153. The van der Waals surface area contributed by atoms with Crippen LogP contribution in [0.4, 0.5) is 0 Å². The van der Waals surface area contributed by atoms with Crippen molar-refractivity contribution >= 4 is 21.8 Å². The summed E-state index contributed by atoms with van der Waals surface area (Å²) >= 11 is 0. The molecule has 0 bridgehead atoms. The van der Waals surface area contributed by atoms with Gasteiger partial charge in [-0.3, -0.25) is 0 Å².